The molecule has 0 aliphatic carbocycles. The molecule has 2 aliphatic rings. The number of pyridine rings is 1. The van der Waals surface area contributed by atoms with Crippen molar-refractivity contribution >= 4 is 23.2 Å². The first-order valence-corrected chi connectivity index (χ1v) is 6.97. The summed E-state index contributed by atoms with van der Waals surface area (Å²) in [5.41, 5.74) is 2.27. The zero-order valence-electron chi connectivity index (χ0n) is 11.9. The molecule has 0 saturated carbocycles. The van der Waals surface area contributed by atoms with Crippen molar-refractivity contribution in [3.63, 3.8) is 0 Å². The van der Waals surface area contributed by atoms with Crippen LogP contribution in [0.1, 0.15) is 10.5 Å². The van der Waals surface area contributed by atoms with Crippen molar-refractivity contribution in [2.45, 2.75) is 0 Å². The predicted octanol–water partition coefficient (Wildman–Crippen LogP) is 0.487. The second kappa shape index (κ2) is 4.96. The van der Waals surface area contributed by atoms with Crippen molar-refractivity contribution in [2.24, 2.45) is 4.99 Å². The van der Waals surface area contributed by atoms with Crippen molar-refractivity contribution in [3.8, 4) is 11.1 Å². The number of para-hydroxylation sites is 1. The number of carboxylic acids is 1. The molecule has 6 heteroatoms. The Hall–Kier alpha value is -3.12. The van der Waals surface area contributed by atoms with Crippen LogP contribution in [0, 0.1) is 0 Å². The molecule has 2 aliphatic heterocycles. The van der Waals surface area contributed by atoms with Crippen LogP contribution in [-0.2, 0) is 4.42 Å². The van der Waals surface area contributed by atoms with Crippen LogP contribution in [0.15, 0.2) is 47.5 Å². The van der Waals surface area contributed by atoms with Crippen LogP contribution in [0.3, 0.4) is 0 Å². The van der Waals surface area contributed by atoms with E-state index in [4.69, 9.17) is 9.53 Å². The Morgan fingerprint density at radius 3 is 2.74 bits per heavy atom. The van der Waals surface area contributed by atoms with Gasteiger partial charge in [0.25, 0.3) is 0 Å². The highest BCUT2D eigenvalue weighted by atomic mass is 16.4. The van der Waals surface area contributed by atoms with Gasteiger partial charge in [-0.1, -0.05) is 18.2 Å². The highest BCUT2D eigenvalue weighted by Gasteiger charge is 2.25. The standard InChI is InChI=1S/C17H10N2O4/c20-8-9-5-6-14(23-9)16-15-11(7-13(19-16)17(21)22)10-3-1-2-4-12(10)18-15/h1-7,20H,8H2/p+1. The quantitative estimate of drug-likeness (QED) is 0.674. The molecule has 2 aromatic rings. The smallest absolute Gasteiger partial charge is 0.381 e. The third kappa shape index (κ3) is 2.08. The van der Waals surface area contributed by atoms with Crippen LogP contribution >= 0.6 is 0 Å². The monoisotopic (exact) mass is 307 g/mol. The Bertz CT molecular complexity index is 1040. The lowest BCUT2D eigenvalue weighted by molar-refractivity contribution is -0.342. The maximum Gasteiger partial charge on any atom is 0.381 e. The molecule has 0 atom stereocenters. The lowest BCUT2D eigenvalue weighted by Crippen LogP contribution is -2.33. The summed E-state index contributed by atoms with van der Waals surface area (Å²) in [6.45, 7) is -0.238. The topological polar surface area (TPSA) is 94.1 Å². The van der Waals surface area contributed by atoms with Gasteiger partial charge in [0.05, 0.1) is 17.8 Å². The Balaban J connectivity index is 2.12. The van der Waals surface area contributed by atoms with Gasteiger partial charge in [-0.25, -0.2) is 19.2 Å². The van der Waals surface area contributed by atoms with Gasteiger partial charge in [0.2, 0.25) is 0 Å². The van der Waals surface area contributed by atoms with Gasteiger partial charge in [0.1, 0.15) is 11.1 Å². The molecule has 3 heterocycles. The lowest BCUT2D eigenvalue weighted by Gasteiger charge is -1.99. The summed E-state index contributed by atoms with van der Waals surface area (Å²) in [4.78, 5) is 20.1. The molecule has 0 amide bonds. The van der Waals surface area contributed by atoms with Gasteiger partial charge in [0.15, 0.2) is 12.0 Å². The number of carboxylic acid groups (broad SMARTS) is 1. The van der Waals surface area contributed by atoms with E-state index in [0.29, 0.717) is 27.8 Å². The summed E-state index contributed by atoms with van der Waals surface area (Å²) in [5.74, 6) is -0.357. The van der Waals surface area contributed by atoms with E-state index in [1.54, 1.807) is 12.2 Å². The average Bonchev–Trinajstić information content (AvgIpc) is 3.18. The molecule has 1 aromatic heterocycles. The highest BCUT2D eigenvalue weighted by molar-refractivity contribution is 5.96. The number of rotatable bonds is 2. The first-order valence-electron chi connectivity index (χ1n) is 6.97. The van der Waals surface area contributed by atoms with E-state index in [9.17, 15) is 9.90 Å². The molecule has 0 fully saturated rings. The summed E-state index contributed by atoms with van der Waals surface area (Å²) in [7, 11) is 0. The number of hydrogen-bond donors (Lipinski definition) is 2. The summed E-state index contributed by atoms with van der Waals surface area (Å²) in [5, 5.41) is 19.4. The zero-order valence-corrected chi connectivity index (χ0v) is 11.9. The number of hydrogen-bond acceptors (Lipinski definition) is 4. The Kier molecular flexibility index (Phi) is 2.92. The Labute approximate surface area is 130 Å². The third-order valence-electron chi connectivity index (χ3n) is 3.69. The summed E-state index contributed by atoms with van der Waals surface area (Å²) >= 11 is 0. The summed E-state index contributed by atoms with van der Waals surface area (Å²) < 4.78 is 5.51. The minimum absolute atomic E-state index is 0.0763. The molecule has 0 unspecified atom stereocenters. The number of benzene rings is 1. The van der Waals surface area contributed by atoms with Crippen molar-refractivity contribution in [1.29, 1.82) is 0 Å². The van der Waals surface area contributed by atoms with E-state index in [1.165, 1.54) is 6.07 Å². The minimum atomic E-state index is -1.12. The fourth-order valence-electron chi connectivity index (χ4n) is 2.65. The van der Waals surface area contributed by atoms with Crippen LogP contribution in [0.25, 0.3) is 16.9 Å². The molecule has 1 aromatic carbocycles. The first-order chi connectivity index (χ1) is 11.2. The maximum absolute atomic E-state index is 11.4. The predicted molar refractivity (Wildman–Crippen MR) is 81.7 cm³/mol. The normalized spacial score (nSPS) is 16.7. The van der Waals surface area contributed by atoms with Gasteiger partial charge in [0, 0.05) is 11.1 Å². The Morgan fingerprint density at radius 2 is 2.00 bits per heavy atom. The van der Waals surface area contributed by atoms with Crippen molar-refractivity contribution in [1.82, 2.24) is 4.98 Å². The Morgan fingerprint density at radius 1 is 1.17 bits per heavy atom. The molecular formula is C17H11N2O4+. The van der Waals surface area contributed by atoms with Crippen LogP contribution in [0.5, 0.6) is 0 Å². The molecule has 2 N–H and O–H groups in total. The number of aliphatic hydroxyl groups is 1. The third-order valence-corrected chi connectivity index (χ3v) is 3.69. The number of aliphatic hydroxyl groups excluding tert-OH is 1. The fraction of sp³-hybridized carbons (Fsp3) is 0.0588. The van der Waals surface area contributed by atoms with Crippen molar-refractivity contribution in [3.05, 3.63) is 58.9 Å². The van der Waals surface area contributed by atoms with E-state index in [-0.39, 0.29) is 12.3 Å². The van der Waals surface area contributed by atoms with Crippen LogP contribution in [0.4, 0.5) is 5.69 Å². The van der Waals surface area contributed by atoms with E-state index >= 15 is 0 Å². The molecule has 112 valence electrons. The van der Waals surface area contributed by atoms with E-state index in [2.05, 4.69) is 9.98 Å². The van der Waals surface area contributed by atoms with Gasteiger partial charge in [-0.2, -0.15) is 0 Å². The van der Waals surface area contributed by atoms with Gasteiger partial charge in [-0.3, -0.25) is 0 Å². The fourth-order valence-corrected chi connectivity index (χ4v) is 2.65. The van der Waals surface area contributed by atoms with Crippen LogP contribution in [0.2, 0.25) is 0 Å². The number of fused-ring (bicyclic) bond motifs is 3. The van der Waals surface area contributed by atoms with Crippen molar-refractivity contribution < 1.29 is 19.4 Å². The number of nitrogens with zero attached hydrogens (tertiary/aromatic N) is 2. The number of carbonyl (C=O) groups excluding carboxylic acids is 1. The highest BCUT2D eigenvalue weighted by Crippen LogP contribution is 2.31. The molecule has 0 spiro atoms. The molecule has 4 rings (SSSR count). The second-order valence-electron chi connectivity index (χ2n) is 5.11. The largest absolute Gasteiger partial charge is 0.477 e. The molecule has 6 nitrogen and oxygen atoms in total. The second-order valence-corrected chi connectivity index (χ2v) is 5.11. The number of carbonyl (C=O) groups is 1. The molecular weight excluding hydrogens is 296 g/mol. The van der Waals surface area contributed by atoms with E-state index in [0.717, 1.165) is 11.3 Å². The van der Waals surface area contributed by atoms with E-state index < -0.39 is 5.97 Å². The number of aromatic nitrogens is 1. The van der Waals surface area contributed by atoms with Gasteiger partial charge >= 0.3 is 17.5 Å². The first kappa shape index (κ1) is 13.5. The molecule has 0 radical (unpaired) electrons. The zero-order chi connectivity index (χ0) is 16.0. The molecule has 0 bridgehead atoms. The maximum atomic E-state index is 11.4. The van der Waals surface area contributed by atoms with Gasteiger partial charge in [-0.05, 0) is 12.1 Å². The van der Waals surface area contributed by atoms with Gasteiger partial charge < -0.3 is 10.2 Å². The van der Waals surface area contributed by atoms with E-state index in [1.807, 2.05) is 24.3 Å². The van der Waals surface area contributed by atoms with Crippen LogP contribution in [-0.4, -0.2) is 33.6 Å². The lowest BCUT2D eigenvalue weighted by atomic mass is 10.1. The summed E-state index contributed by atoms with van der Waals surface area (Å²) in [6, 6.07) is 9.02. The molecule has 0 saturated heterocycles. The van der Waals surface area contributed by atoms with Gasteiger partial charge in [-0.15, -0.1) is 0 Å². The van der Waals surface area contributed by atoms with Crippen LogP contribution < -0.4 is 10.7 Å². The minimum Gasteiger partial charge on any atom is -0.477 e. The number of ketones is 1. The number of aromatic carboxylic acids is 1. The summed E-state index contributed by atoms with van der Waals surface area (Å²) in [6.07, 6.45) is 3.28. The SMILES string of the molecule is O=C(O)c1cc2c(c(=C3C=CC(CO)=[O+]3)n1)=Nc1ccccc1-2. The van der Waals surface area contributed by atoms with Crippen molar-refractivity contribution in [2.75, 3.05) is 6.61 Å². The average molecular weight is 307 g/mol. The molecule has 23 heavy (non-hydrogen) atoms.